The van der Waals surface area contributed by atoms with Crippen molar-refractivity contribution in [1.29, 1.82) is 0 Å². The van der Waals surface area contributed by atoms with Gasteiger partial charge in [0.1, 0.15) is 12.4 Å². The summed E-state index contributed by atoms with van der Waals surface area (Å²) in [5.41, 5.74) is 4.97. The van der Waals surface area contributed by atoms with E-state index in [-0.39, 0.29) is 23.4 Å². The topological polar surface area (TPSA) is 152 Å². The zero-order chi connectivity index (χ0) is 35.6. The molecular weight excluding hydrogens is 624 g/mol. The maximum Gasteiger partial charge on any atom is 0.297 e. The number of aromatic nitrogens is 1. The highest BCUT2D eigenvalue weighted by molar-refractivity contribution is 5.95. The molecule has 11 nitrogen and oxygen atoms in total. The number of hydrogen-bond acceptors (Lipinski definition) is 8. The number of carbonyl (C=O) groups is 1. The van der Waals surface area contributed by atoms with E-state index in [4.69, 9.17) is 19.7 Å². The van der Waals surface area contributed by atoms with Crippen molar-refractivity contribution in [2.75, 3.05) is 25.5 Å². The summed E-state index contributed by atoms with van der Waals surface area (Å²) in [7, 11) is 0. The molecule has 1 heterocycles. The van der Waals surface area contributed by atoms with Gasteiger partial charge in [-0.05, 0) is 49.2 Å². The molecule has 0 radical (unpaired) electrons. The summed E-state index contributed by atoms with van der Waals surface area (Å²) in [6.07, 6.45) is 16.2. The molecule has 49 heavy (non-hydrogen) atoms. The Labute approximate surface area is 290 Å². The Morgan fingerprint density at radius 3 is 2.08 bits per heavy atom. The lowest BCUT2D eigenvalue weighted by Gasteiger charge is -2.16. The average Bonchev–Trinajstić information content (AvgIpc) is 3.41. The van der Waals surface area contributed by atoms with Gasteiger partial charge in [-0.1, -0.05) is 98.3 Å². The molecule has 3 N–H and O–H groups in total. The fraction of sp³-hybridized carbons (Fsp3) is 0.579. The Balaban J connectivity index is 1.46. The summed E-state index contributed by atoms with van der Waals surface area (Å²) in [5.74, 6) is 0.397. The Morgan fingerprint density at radius 2 is 1.49 bits per heavy atom. The molecule has 0 fully saturated rings. The van der Waals surface area contributed by atoms with Crippen LogP contribution in [0.15, 0.2) is 51.8 Å². The van der Waals surface area contributed by atoms with Gasteiger partial charge >= 0.3 is 0 Å². The van der Waals surface area contributed by atoms with Crippen LogP contribution in [0, 0.1) is 10.1 Å². The number of nitrogens with two attached hydrogens (primary N) is 1. The van der Waals surface area contributed by atoms with Crippen LogP contribution in [0.2, 0.25) is 0 Å². The van der Waals surface area contributed by atoms with Crippen LogP contribution in [-0.4, -0.2) is 35.3 Å². The van der Waals surface area contributed by atoms with Crippen LogP contribution in [0.5, 0.6) is 5.75 Å². The van der Waals surface area contributed by atoms with Gasteiger partial charge in [0.15, 0.2) is 11.4 Å². The molecule has 270 valence electrons. The maximum absolute atomic E-state index is 13.5. The van der Waals surface area contributed by atoms with E-state index in [9.17, 15) is 19.7 Å². The van der Waals surface area contributed by atoms with E-state index in [2.05, 4.69) is 12.2 Å². The minimum atomic E-state index is -0.633. The molecule has 0 aliphatic rings. The van der Waals surface area contributed by atoms with Crippen LogP contribution in [0.4, 0.5) is 11.4 Å². The van der Waals surface area contributed by atoms with E-state index >= 15 is 0 Å². The van der Waals surface area contributed by atoms with Crippen molar-refractivity contribution in [2.24, 2.45) is 0 Å². The molecule has 0 saturated heterocycles. The quantitative estimate of drug-likeness (QED) is 0.0437. The lowest BCUT2D eigenvalue weighted by molar-refractivity contribution is -0.384. The van der Waals surface area contributed by atoms with Crippen LogP contribution in [0.3, 0.4) is 0 Å². The van der Waals surface area contributed by atoms with Gasteiger partial charge in [0.2, 0.25) is 0 Å². The smallest absolute Gasteiger partial charge is 0.297 e. The van der Waals surface area contributed by atoms with E-state index in [0.717, 1.165) is 17.2 Å². The van der Waals surface area contributed by atoms with Crippen LogP contribution in [0.1, 0.15) is 133 Å². The van der Waals surface area contributed by atoms with Gasteiger partial charge in [-0.3, -0.25) is 19.7 Å². The Hall–Kier alpha value is -4.12. The minimum Gasteiger partial charge on any atom is -0.489 e. The number of carbonyl (C=O) groups excluding carboxylic acids is 1. The molecule has 0 saturated carbocycles. The summed E-state index contributed by atoms with van der Waals surface area (Å²) in [5, 5.41) is 14.9. The zero-order valence-corrected chi connectivity index (χ0v) is 29.9. The van der Waals surface area contributed by atoms with E-state index in [1.165, 1.54) is 82.8 Å². The highest BCUT2D eigenvalue weighted by atomic mass is 16.6. The largest absolute Gasteiger partial charge is 0.489 e. The molecule has 0 spiro atoms. The monoisotopic (exact) mass is 680 g/mol. The Morgan fingerprint density at radius 1 is 0.898 bits per heavy atom. The van der Waals surface area contributed by atoms with Gasteiger partial charge < -0.3 is 25.0 Å². The second kappa shape index (κ2) is 20.4. The van der Waals surface area contributed by atoms with Crippen molar-refractivity contribution in [3.05, 3.63) is 79.8 Å². The molecule has 11 heteroatoms. The van der Waals surface area contributed by atoms with Crippen molar-refractivity contribution in [3.63, 3.8) is 0 Å². The molecule has 1 aromatic heterocycles. The van der Waals surface area contributed by atoms with Crippen molar-refractivity contribution in [3.8, 4) is 11.4 Å². The number of rotatable bonds is 23. The molecule has 0 unspecified atom stereocenters. The van der Waals surface area contributed by atoms with E-state index < -0.39 is 27.5 Å². The molecule has 0 atom stereocenters. The standard InChI is InChI=1S/C38H56N4O7/c1-5-6-7-8-9-10-11-12-13-14-15-16-25-47-26-17-24-40-36(43)29-18-23-33(34(27-29)42(45)46)41-37(44)32(35(49-41)38(2,3)4)28-48-31-21-19-30(39)20-22-31/h18-23,27H,5-17,24-26,28,39H2,1-4H3,(H,40,43). The third-order valence-electron chi connectivity index (χ3n) is 8.39. The lowest BCUT2D eigenvalue weighted by Crippen LogP contribution is -2.25. The maximum atomic E-state index is 13.5. The second-order valence-electron chi connectivity index (χ2n) is 13.7. The van der Waals surface area contributed by atoms with Crippen LogP contribution in [0.25, 0.3) is 5.69 Å². The number of anilines is 1. The van der Waals surface area contributed by atoms with Crippen molar-refractivity contribution in [1.82, 2.24) is 10.1 Å². The second-order valence-corrected chi connectivity index (χ2v) is 13.7. The Bertz CT molecular complexity index is 1510. The number of nitro benzene ring substituents is 1. The SMILES string of the molecule is CCCCCCCCCCCCCCOCCCNC(=O)c1ccc(-n2oc(C(C)(C)C)c(COc3ccc(N)cc3)c2=O)c([N+](=O)[O-])c1. The first-order valence-corrected chi connectivity index (χ1v) is 17.9. The van der Waals surface area contributed by atoms with Gasteiger partial charge in [0.05, 0.1) is 10.5 Å². The van der Waals surface area contributed by atoms with Crippen molar-refractivity contribution in [2.45, 2.75) is 123 Å². The molecule has 0 aliphatic heterocycles. The van der Waals surface area contributed by atoms with E-state index in [1.54, 1.807) is 24.3 Å². The van der Waals surface area contributed by atoms with E-state index in [0.29, 0.717) is 43.4 Å². The molecule has 1 amide bonds. The van der Waals surface area contributed by atoms with Gasteiger partial charge in [-0.25, -0.2) is 0 Å². The normalized spacial score (nSPS) is 11.5. The first-order valence-electron chi connectivity index (χ1n) is 17.9. The average molecular weight is 681 g/mol. The summed E-state index contributed by atoms with van der Waals surface area (Å²) < 4.78 is 18.4. The number of nitrogens with zero attached hydrogens (tertiary/aromatic N) is 2. The molecule has 2 aromatic carbocycles. The number of unbranched alkanes of at least 4 members (excludes halogenated alkanes) is 11. The Kier molecular flexibility index (Phi) is 16.4. The predicted octanol–water partition coefficient (Wildman–Crippen LogP) is 8.64. The number of nitrogens with one attached hydrogen (secondary N) is 1. The first kappa shape index (κ1) is 39.3. The van der Waals surface area contributed by atoms with Crippen molar-refractivity contribution < 1.29 is 23.7 Å². The van der Waals surface area contributed by atoms with Gasteiger partial charge in [0.25, 0.3) is 17.2 Å². The summed E-state index contributed by atoms with van der Waals surface area (Å²) >= 11 is 0. The fourth-order valence-electron chi connectivity index (χ4n) is 5.61. The molecule has 0 aliphatic carbocycles. The summed E-state index contributed by atoms with van der Waals surface area (Å²) in [6, 6.07) is 10.7. The number of ether oxygens (including phenoxy) is 2. The van der Waals surface area contributed by atoms with E-state index in [1.807, 2.05) is 20.8 Å². The fourth-order valence-corrected chi connectivity index (χ4v) is 5.61. The van der Waals surface area contributed by atoms with Gasteiger partial charge in [0, 0.05) is 42.5 Å². The molecule has 0 bridgehead atoms. The molecule has 3 aromatic rings. The van der Waals surface area contributed by atoms with Crippen molar-refractivity contribution >= 4 is 17.3 Å². The number of benzene rings is 2. The highest BCUT2D eigenvalue weighted by Gasteiger charge is 2.31. The van der Waals surface area contributed by atoms with Crippen LogP contribution < -0.4 is 21.3 Å². The molecule has 3 rings (SSSR count). The third kappa shape index (κ3) is 13.0. The summed E-state index contributed by atoms with van der Waals surface area (Å²) in [4.78, 5) is 37.8. The van der Waals surface area contributed by atoms with Gasteiger partial charge in [-0.15, -0.1) is 4.74 Å². The molecular formula is C38H56N4O7. The number of hydrogen-bond donors (Lipinski definition) is 2. The zero-order valence-electron chi connectivity index (χ0n) is 29.9. The number of amides is 1. The first-order chi connectivity index (χ1) is 23.5. The summed E-state index contributed by atoms with van der Waals surface area (Å²) in [6.45, 7) is 9.36. The van der Waals surface area contributed by atoms with Crippen LogP contribution >= 0.6 is 0 Å². The van der Waals surface area contributed by atoms with Gasteiger partial charge in [-0.2, -0.15) is 0 Å². The third-order valence-corrected chi connectivity index (χ3v) is 8.39. The number of nitrogen functional groups attached to an aromatic ring is 1. The minimum absolute atomic E-state index is 0.0815. The van der Waals surface area contributed by atoms with Crippen LogP contribution in [-0.2, 0) is 16.8 Å². The number of nitro groups is 1. The highest BCUT2D eigenvalue weighted by Crippen LogP contribution is 2.30. The lowest BCUT2D eigenvalue weighted by atomic mass is 9.91. The predicted molar refractivity (Wildman–Crippen MR) is 194 cm³/mol.